The zero-order valence-electron chi connectivity index (χ0n) is 11.2. The number of benzene rings is 1. The minimum absolute atomic E-state index is 0.612. The van der Waals surface area contributed by atoms with E-state index in [1.54, 1.807) is 5.32 Å². The van der Waals surface area contributed by atoms with Gasteiger partial charge < -0.3 is 21.3 Å². The predicted octanol–water partition coefficient (Wildman–Crippen LogP) is 0.873. The quantitative estimate of drug-likeness (QED) is 0.346. The van der Waals surface area contributed by atoms with Crippen LogP contribution in [0.4, 0.5) is 23.2 Å². The standard InChI is InChI=1S/C12H10F4N2O5/c13-6-5(7(14)9(16)10(17)8(6)15)11(21)18-3(12(22)23)1-2-4(19)20/h3H,1-2,17H2,(H,18,21)(H,19,20)(H,22,23). The van der Waals surface area contributed by atoms with E-state index in [-0.39, 0.29) is 0 Å². The van der Waals surface area contributed by atoms with E-state index in [9.17, 15) is 31.9 Å². The molecule has 0 heterocycles. The second-order valence-electron chi connectivity index (χ2n) is 4.34. The highest BCUT2D eigenvalue weighted by atomic mass is 19.2. The highest BCUT2D eigenvalue weighted by Crippen LogP contribution is 2.25. The van der Waals surface area contributed by atoms with Gasteiger partial charge in [-0.15, -0.1) is 0 Å². The van der Waals surface area contributed by atoms with Gasteiger partial charge in [-0.2, -0.15) is 0 Å². The van der Waals surface area contributed by atoms with Crippen LogP contribution in [0.3, 0.4) is 0 Å². The molecule has 0 saturated heterocycles. The molecule has 1 atom stereocenters. The summed E-state index contributed by atoms with van der Waals surface area (Å²) >= 11 is 0. The lowest BCUT2D eigenvalue weighted by Gasteiger charge is -2.15. The molecule has 0 aliphatic rings. The molecule has 1 unspecified atom stereocenters. The van der Waals surface area contributed by atoms with E-state index in [0.717, 1.165) is 0 Å². The number of amides is 1. The molecule has 0 aliphatic heterocycles. The predicted molar refractivity (Wildman–Crippen MR) is 66.4 cm³/mol. The van der Waals surface area contributed by atoms with E-state index < -0.39 is 71.2 Å². The summed E-state index contributed by atoms with van der Waals surface area (Å²) in [6.45, 7) is 0. The third-order valence-electron chi connectivity index (χ3n) is 2.77. The molecule has 0 spiro atoms. The van der Waals surface area contributed by atoms with Gasteiger partial charge in [0.15, 0.2) is 23.3 Å². The van der Waals surface area contributed by atoms with Crippen LogP contribution >= 0.6 is 0 Å². The summed E-state index contributed by atoms with van der Waals surface area (Å²) in [6, 6.07) is -1.83. The molecule has 0 fully saturated rings. The third-order valence-corrected chi connectivity index (χ3v) is 2.77. The number of hydrogen-bond donors (Lipinski definition) is 4. The second-order valence-corrected chi connectivity index (χ2v) is 4.34. The number of aliphatic carboxylic acids is 2. The van der Waals surface area contributed by atoms with E-state index >= 15 is 0 Å². The number of nitrogens with two attached hydrogens (primary N) is 1. The van der Waals surface area contributed by atoms with Crippen LogP contribution in [-0.4, -0.2) is 34.1 Å². The first-order valence-electron chi connectivity index (χ1n) is 5.94. The summed E-state index contributed by atoms with van der Waals surface area (Å²) in [6.07, 6.45) is -1.29. The topological polar surface area (TPSA) is 130 Å². The maximum atomic E-state index is 13.6. The number of nitrogens with one attached hydrogen (secondary N) is 1. The number of carboxylic acids is 2. The molecule has 126 valence electrons. The average molecular weight is 338 g/mol. The van der Waals surface area contributed by atoms with Gasteiger partial charge in [-0.25, -0.2) is 22.4 Å². The summed E-state index contributed by atoms with van der Waals surface area (Å²) < 4.78 is 53.6. The Morgan fingerprint density at radius 2 is 1.48 bits per heavy atom. The van der Waals surface area contributed by atoms with Crippen molar-refractivity contribution in [3.05, 3.63) is 28.8 Å². The van der Waals surface area contributed by atoms with Crippen LogP contribution in [0.25, 0.3) is 0 Å². The number of carboxylic acid groups (broad SMARTS) is 2. The Balaban J connectivity index is 3.14. The Kier molecular flexibility index (Phi) is 5.49. The van der Waals surface area contributed by atoms with E-state index in [4.69, 9.17) is 15.9 Å². The molecule has 1 aromatic rings. The average Bonchev–Trinajstić information content (AvgIpc) is 2.47. The highest BCUT2D eigenvalue weighted by molar-refractivity contribution is 5.97. The first-order valence-corrected chi connectivity index (χ1v) is 5.94. The van der Waals surface area contributed by atoms with Gasteiger partial charge in [-0.3, -0.25) is 9.59 Å². The number of hydrogen-bond acceptors (Lipinski definition) is 4. The molecule has 5 N–H and O–H groups in total. The number of carbonyl (C=O) groups excluding carboxylic acids is 1. The molecule has 1 rings (SSSR count). The van der Waals surface area contributed by atoms with Gasteiger partial charge in [-0.05, 0) is 6.42 Å². The Hall–Kier alpha value is -2.85. The van der Waals surface area contributed by atoms with E-state index in [1.807, 2.05) is 0 Å². The minimum Gasteiger partial charge on any atom is -0.481 e. The van der Waals surface area contributed by atoms with Gasteiger partial charge >= 0.3 is 11.9 Å². The zero-order valence-corrected chi connectivity index (χ0v) is 11.2. The van der Waals surface area contributed by atoms with Gasteiger partial charge in [0.25, 0.3) is 5.91 Å². The van der Waals surface area contributed by atoms with Crippen LogP contribution in [0.2, 0.25) is 0 Å². The van der Waals surface area contributed by atoms with Crippen LogP contribution in [0.15, 0.2) is 0 Å². The van der Waals surface area contributed by atoms with Gasteiger partial charge in [0.05, 0.1) is 0 Å². The number of halogens is 4. The number of carbonyl (C=O) groups is 3. The fourth-order valence-corrected chi connectivity index (χ4v) is 1.60. The molecule has 23 heavy (non-hydrogen) atoms. The van der Waals surface area contributed by atoms with Crippen molar-refractivity contribution in [1.82, 2.24) is 5.32 Å². The van der Waals surface area contributed by atoms with Crippen molar-refractivity contribution in [3.63, 3.8) is 0 Å². The fraction of sp³-hybridized carbons (Fsp3) is 0.250. The van der Waals surface area contributed by atoms with Crippen LogP contribution in [0, 0.1) is 23.3 Å². The molecule has 0 aliphatic carbocycles. The molecular weight excluding hydrogens is 328 g/mol. The maximum absolute atomic E-state index is 13.6. The molecule has 0 radical (unpaired) electrons. The van der Waals surface area contributed by atoms with Crippen molar-refractivity contribution < 1.29 is 42.2 Å². The SMILES string of the molecule is Nc1c(F)c(F)c(C(=O)NC(CCC(=O)O)C(=O)O)c(F)c1F. The molecule has 1 amide bonds. The molecule has 1 aromatic carbocycles. The smallest absolute Gasteiger partial charge is 0.326 e. The molecule has 0 saturated carbocycles. The zero-order chi connectivity index (χ0) is 17.9. The largest absolute Gasteiger partial charge is 0.481 e. The Morgan fingerprint density at radius 1 is 1.00 bits per heavy atom. The van der Waals surface area contributed by atoms with Crippen molar-refractivity contribution in [2.24, 2.45) is 0 Å². The monoisotopic (exact) mass is 338 g/mol. The molecular formula is C12H10F4N2O5. The van der Waals surface area contributed by atoms with Crippen molar-refractivity contribution in [2.75, 3.05) is 5.73 Å². The van der Waals surface area contributed by atoms with Crippen molar-refractivity contribution in [3.8, 4) is 0 Å². The van der Waals surface area contributed by atoms with Crippen molar-refractivity contribution in [1.29, 1.82) is 0 Å². The normalized spacial score (nSPS) is 11.8. The summed E-state index contributed by atoms with van der Waals surface area (Å²) in [4.78, 5) is 32.9. The summed E-state index contributed by atoms with van der Waals surface area (Å²) in [7, 11) is 0. The number of nitrogen functional groups attached to an aromatic ring is 1. The Labute approximate surface area is 125 Å². The Morgan fingerprint density at radius 3 is 1.87 bits per heavy atom. The molecule has 0 bridgehead atoms. The minimum atomic E-state index is -2.10. The van der Waals surface area contributed by atoms with Gasteiger partial charge in [-0.1, -0.05) is 0 Å². The molecule has 0 aromatic heterocycles. The van der Waals surface area contributed by atoms with E-state index in [2.05, 4.69) is 0 Å². The fourth-order valence-electron chi connectivity index (χ4n) is 1.60. The lowest BCUT2D eigenvalue weighted by Crippen LogP contribution is -2.42. The lowest BCUT2D eigenvalue weighted by atomic mass is 10.1. The first kappa shape index (κ1) is 18.2. The van der Waals surface area contributed by atoms with E-state index in [0.29, 0.717) is 0 Å². The van der Waals surface area contributed by atoms with Crippen LogP contribution in [0.1, 0.15) is 23.2 Å². The second kappa shape index (κ2) is 6.94. The summed E-state index contributed by atoms with van der Waals surface area (Å²) in [5.41, 5.74) is 1.59. The highest BCUT2D eigenvalue weighted by Gasteiger charge is 2.30. The number of anilines is 1. The summed E-state index contributed by atoms with van der Waals surface area (Å²) in [5.74, 6) is -13.1. The molecule has 7 nitrogen and oxygen atoms in total. The van der Waals surface area contributed by atoms with Crippen LogP contribution < -0.4 is 11.1 Å². The first-order chi connectivity index (χ1) is 10.6. The summed E-state index contributed by atoms with van der Waals surface area (Å²) in [5, 5.41) is 18.8. The third kappa shape index (κ3) is 3.87. The van der Waals surface area contributed by atoms with E-state index in [1.165, 1.54) is 0 Å². The van der Waals surface area contributed by atoms with Crippen LogP contribution in [0.5, 0.6) is 0 Å². The van der Waals surface area contributed by atoms with Crippen LogP contribution in [-0.2, 0) is 9.59 Å². The van der Waals surface area contributed by atoms with Gasteiger partial charge in [0.2, 0.25) is 0 Å². The van der Waals surface area contributed by atoms with Crippen molar-refractivity contribution >= 4 is 23.5 Å². The Bertz CT molecular complexity index is 651. The van der Waals surface area contributed by atoms with Crippen molar-refractivity contribution in [2.45, 2.75) is 18.9 Å². The molecule has 11 heteroatoms. The number of rotatable bonds is 6. The van der Waals surface area contributed by atoms with Gasteiger partial charge in [0, 0.05) is 6.42 Å². The lowest BCUT2D eigenvalue weighted by molar-refractivity contribution is -0.140. The maximum Gasteiger partial charge on any atom is 0.326 e. The van der Waals surface area contributed by atoms with Gasteiger partial charge in [0.1, 0.15) is 17.3 Å².